The highest BCUT2D eigenvalue weighted by Crippen LogP contribution is 2.24. The van der Waals surface area contributed by atoms with E-state index in [9.17, 15) is 9.90 Å². The third-order valence-electron chi connectivity index (χ3n) is 2.57. The van der Waals surface area contributed by atoms with E-state index in [1.54, 1.807) is 12.1 Å². The highest BCUT2D eigenvalue weighted by atomic mass is 35.5. The Labute approximate surface area is 111 Å². The number of amides is 1. The summed E-state index contributed by atoms with van der Waals surface area (Å²) in [6, 6.07) is 10.9. The molecular formula is C13H15ClN2O2. The van der Waals surface area contributed by atoms with Crippen LogP contribution < -0.4 is 23.5 Å². The van der Waals surface area contributed by atoms with Gasteiger partial charge >= 0.3 is 0 Å². The Balaban J connectivity index is 0.00000162. The molecule has 0 fully saturated rings. The van der Waals surface area contributed by atoms with Crippen LogP contribution in [-0.2, 0) is 0 Å². The molecule has 5 heteroatoms. The van der Waals surface area contributed by atoms with Crippen LogP contribution >= 0.6 is 0 Å². The third kappa shape index (κ3) is 2.91. The second-order valence-corrected chi connectivity index (χ2v) is 3.83. The van der Waals surface area contributed by atoms with Gasteiger partial charge in [-0.15, -0.1) is 0 Å². The van der Waals surface area contributed by atoms with Gasteiger partial charge in [0.25, 0.3) is 5.91 Å². The van der Waals surface area contributed by atoms with Crippen LogP contribution in [0.25, 0.3) is 10.8 Å². The fraction of sp³-hybridized carbons (Fsp3) is 0.154. The number of rotatable bonds is 3. The monoisotopic (exact) mass is 266 g/mol. The van der Waals surface area contributed by atoms with Crippen LogP contribution in [0.4, 0.5) is 0 Å². The van der Waals surface area contributed by atoms with E-state index in [1.807, 2.05) is 24.3 Å². The molecule has 4 nitrogen and oxygen atoms in total. The van der Waals surface area contributed by atoms with Crippen molar-refractivity contribution in [2.75, 3.05) is 13.1 Å². The van der Waals surface area contributed by atoms with E-state index in [1.165, 1.54) is 0 Å². The quantitative estimate of drug-likeness (QED) is 0.576. The minimum atomic E-state index is -0.267. The Morgan fingerprint density at radius 3 is 2.44 bits per heavy atom. The van der Waals surface area contributed by atoms with E-state index in [2.05, 4.69) is 11.1 Å². The SMILES string of the molecule is [Cl-].[NH3+]CCNC(=O)c1cc2ccccc2cc1O. The van der Waals surface area contributed by atoms with Crippen molar-refractivity contribution in [3.8, 4) is 5.75 Å². The van der Waals surface area contributed by atoms with E-state index >= 15 is 0 Å². The molecule has 1 amide bonds. The standard InChI is InChI=1S/C13H14N2O2.ClH/c14-5-6-15-13(17)11-7-9-3-1-2-4-10(9)8-12(11)16;/h1-4,7-8,16H,5-6,14H2,(H,15,17);1H. The molecule has 2 aromatic carbocycles. The average Bonchev–Trinajstić information content (AvgIpc) is 2.35. The van der Waals surface area contributed by atoms with E-state index < -0.39 is 0 Å². The van der Waals surface area contributed by atoms with Crippen molar-refractivity contribution in [1.29, 1.82) is 0 Å². The van der Waals surface area contributed by atoms with E-state index in [4.69, 9.17) is 0 Å². The molecule has 0 atom stereocenters. The van der Waals surface area contributed by atoms with E-state index in [0.717, 1.165) is 10.8 Å². The summed E-state index contributed by atoms with van der Waals surface area (Å²) < 4.78 is 0. The molecule has 2 aromatic rings. The first-order chi connectivity index (χ1) is 8.22. The summed E-state index contributed by atoms with van der Waals surface area (Å²) in [6.07, 6.45) is 0. The minimum absolute atomic E-state index is 0. The number of phenolic OH excluding ortho intramolecular Hbond substituents is 1. The topological polar surface area (TPSA) is 77.0 Å². The summed E-state index contributed by atoms with van der Waals surface area (Å²) in [7, 11) is 0. The van der Waals surface area contributed by atoms with Crippen molar-refractivity contribution in [3.05, 3.63) is 42.0 Å². The van der Waals surface area contributed by atoms with E-state index in [-0.39, 0.29) is 24.1 Å². The molecular weight excluding hydrogens is 252 g/mol. The molecule has 5 N–H and O–H groups in total. The number of nitrogens with one attached hydrogen (secondary N) is 1. The fourth-order valence-electron chi connectivity index (χ4n) is 1.71. The lowest BCUT2D eigenvalue weighted by Crippen LogP contribution is -3.00. The van der Waals surface area contributed by atoms with Gasteiger partial charge in [-0.05, 0) is 22.9 Å². The van der Waals surface area contributed by atoms with Crippen LogP contribution in [-0.4, -0.2) is 24.1 Å². The zero-order chi connectivity index (χ0) is 12.3. The predicted octanol–water partition coefficient (Wildman–Crippen LogP) is -2.48. The van der Waals surface area contributed by atoms with Gasteiger partial charge in [0, 0.05) is 0 Å². The number of fused-ring (bicyclic) bond motifs is 1. The Hall–Kier alpha value is -1.78. The number of carbonyl (C=O) groups excluding carboxylic acids is 1. The summed E-state index contributed by atoms with van der Waals surface area (Å²) in [6.45, 7) is 1.13. The van der Waals surface area contributed by atoms with Crippen molar-refractivity contribution >= 4 is 16.7 Å². The number of phenols is 1. The Morgan fingerprint density at radius 2 is 1.83 bits per heavy atom. The molecule has 0 bridgehead atoms. The number of carbonyl (C=O) groups is 1. The number of aromatic hydroxyl groups is 1. The number of hydrogen-bond donors (Lipinski definition) is 3. The molecule has 0 saturated carbocycles. The third-order valence-corrected chi connectivity index (χ3v) is 2.57. The summed E-state index contributed by atoms with van der Waals surface area (Å²) in [5, 5.41) is 14.3. The van der Waals surface area contributed by atoms with Gasteiger partial charge < -0.3 is 28.6 Å². The molecule has 0 heterocycles. The largest absolute Gasteiger partial charge is 1.00 e. The summed E-state index contributed by atoms with van der Waals surface area (Å²) in [5.74, 6) is -0.262. The van der Waals surface area contributed by atoms with Gasteiger partial charge in [0.1, 0.15) is 5.75 Å². The van der Waals surface area contributed by atoms with Gasteiger partial charge in [-0.25, -0.2) is 0 Å². The maximum Gasteiger partial charge on any atom is 0.255 e. The Bertz CT molecular complexity index is 558. The number of benzene rings is 2. The first kappa shape index (κ1) is 14.3. The first-order valence-electron chi connectivity index (χ1n) is 5.51. The molecule has 0 radical (unpaired) electrons. The van der Waals surface area contributed by atoms with Crippen LogP contribution in [0, 0.1) is 0 Å². The molecule has 0 aliphatic heterocycles. The molecule has 18 heavy (non-hydrogen) atoms. The molecule has 0 unspecified atom stereocenters. The molecule has 0 spiro atoms. The van der Waals surface area contributed by atoms with Crippen LogP contribution in [0.2, 0.25) is 0 Å². The Morgan fingerprint density at radius 1 is 1.22 bits per heavy atom. The van der Waals surface area contributed by atoms with Crippen molar-refractivity contribution in [3.63, 3.8) is 0 Å². The van der Waals surface area contributed by atoms with Crippen LogP contribution in [0.15, 0.2) is 36.4 Å². The lowest BCUT2D eigenvalue weighted by atomic mass is 10.1. The van der Waals surface area contributed by atoms with Crippen molar-refractivity contribution in [2.45, 2.75) is 0 Å². The van der Waals surface area contributed by atoms with Crippen LogP contribution in [0.1, 0.15) is 10.4 Å². The van der Waals surface area contributed by atoms with Crippen molar-refractivity contribution in [2.24, 2.45) is 0 Å². The molecule has 2 rings (SSSR count). The summed E-state index contributed by atoms with van der Waals surface area (Å²) in [4.78, 5) is 11.8. The van der Waals surface area contributed by atoms with Gasteiger partial charge in [0.05, 0.1) is 18.7 Å². The fourth-order valence-corrected chi connectivity index (χ4v) is 1.71. The van der Waals surface area contributed by atoms with Crippen LogP contribution in [0.5, 0.6) is 5.75 Å². The van der Waals surface area contributed by atoms with Gasteiger partial charge in [0.2, 0.25) is 0 Å². The summed E-state index contributed by atoms with van der Waals surface area (Å²) >= 11 is 0. The normalized spacial score (nSPS) is 9.83. The number of hydrogen-bond acceptors (Lipinski definition) is 2. The zero-order valence-electron chi connectivity index (χ0n) is 9.82. The minimum Gasteiger partial charge on any atom is -1.00 e. The van der Waals surface area contributed by atoms with Gasteiger partial charge in [-0.2, -0.15) is 0 Å². The number of quaternary nitrogens is 1. The molecule has 0 aliphatic rings. The first-order valence-corrected chi connectivity index (χ1v) is 5.51. The van der Waals surface area contributed by atoms with Crippen molar-refractivity contribution in [1.82, 2.24) is 5.32 Å². The van der Waals surface area contributed by atoms with Gasteiger partial charge in [0.15, 0.2) is 0 Å². The average molecular weight is 267 g/mol. The maximum atomic E-state index is 11.8. The van der Waals surface area contributed by atoms with Crippen LogP contribution in [0.3, 0.4) is 0 Å². The smallest absolute Gasteiger partial charge is 0.255 e. The zero-order valence-corrected chi connectivity index (χ0v) is 10.6. The Kier molecular flexibility index (Phi) is 4.95. The molecule has 96 valence electrons. The molecule has 0 aliphatic carbocycles. The highest BCUT2D eigenvalue weighted by molar-refractivity contribution is 6.01. The van der Waals surface area contributed by atoms with Gasteiger partial charge in [-0.1, -0.05) is 24.3 Å². The van der Waals surface area contributed by atoms with Gasteiger partial charge in [-0.3, -0.25) is 4.79 Å². The predicted molar refractivity (Wildman–Crippen MR) is 65.7 cm³/mol. The molecule has 0 saturated heterocycles. The van der Waals surface area contributed by atoms with E-state index in [0.29, 0.717) is 18.7 Å². The van der Waals surface area contributed by atoms with Crippen molar-refractivity contribution < 1.29 is 28.0 Å². The second kappa shape index (κ2) is 6.23. The summed E-state index contributed by atoms with van der Waals surface area (Å²) in [5.41, 5.74) is 3.95. The lowest BCUT2D eigenvalue weighted by molar-refractivity contribution is -0.364. The lowest BCUT2D eigenvalue weighted by Gasteiger charge is -2.07. The number of halogens is 1. The molecule has 0 aromatic heterocycles. The highest BCUT2D eigenvalue weighted by Gasteiger charge is 2.11. The second-order valence-electron chi connectivity index (χ2n) is 3.83. The maximum absolute atomic E-state index is 11.8.